The van der Waals surface area contributed by atoms with Crippen molar-refractivity contribution in [3.8, 4) is 11.5 Å². The number of ether oxygens (including phenoxy) is 1. The summed E-state index contributed by atoms with van der Waals surface area (Å²) < 4.78 is 5.08. The summed E-state index contributed by atoms with van der Waals surface area (Å²) in [4.78, 5) is 10.8. The monoisotopic (exact) mass is 236 g/mol. The number of carbonyl (C=O) groups is 1. The molecule has 0 spiro atoms. The topological polar surface area (TPSA) is 66.8 Å². The third-order valence-corrected chi connectivity index (χ3v) is 3.41. The highest BCUT2D eigenvalue weighted by molar-refractivity contribution is 5.70. The summed E-state index contributed by atoms with van der Waals surface area (Å²) in [6.45, 7) is 1.85. The third kappa shape index (κ3) is 2.07. The molecule has 0 amide bonds. The van der Waals surface area contributed by atoms with Gasteiger partial charge in [0.15, 0.2) is 11.5 Å². The number of hydrogen-bond donors (Lipinski definition) is 2. The highest BCUT2D eigenvalue weighted by Gasteiger charge is 2.46. The number of carboxylic acid groups (broad SMARTS) is 1. The lowest BCUT2D eigenvalue weighted by molar-refractivity contribution is -0.137. The molecule has 0 atom stereocenters. The van der Waals surface area contributed by atoms with Crippen LogP contribution in [-0.2, 0) is 10.2 Å². The molecule has 0 bridgehead atoms. The van der Waals surface area contributed by atoms with Gasteiger partial charge in [-0.05, 0) is 37.0 Å². The minimum Gasteiger partial charge on any atom is -0.504 e. The van der Waals surface area contributed by atoms with Gasteiger partial charge in [0.2, 0.25) is 0 Å². The molecule has 0 saturated heterocycles. The Morgan fingerprint density at radius 1 is 1.47 bits per heavy atom. The maximum absolute atomic E-state index is 10.8. The van der Waals surface area contributed by atoms with Crippen molar-refractivity contribution in [3.05, 3.63) is 23.3 Å². The Kier molecular flexibility index (Phi) is 2.73. The van der Waals surface area contributed by atoms with Crippen LogP contribution >= 0.6 is 0 Å². The van der Waals surface area contributed by atoms with Crippen LogP contribution in [0.15, 0.2) is 12.1 Å². The second-order valence-corrected chi connectivity index (χ2v) is 4.70. The van der Waals surface area contributed by atoms with E-state index >= 15 is 0 Å². The number of phenolic OH excluding ortho intramolecular Hbond substituents is 1. The first-order chi connectivity index (χ1) is 7.98. The van der Waals surface area contributed by atoms with E-state index in [4.69, 9.17) is 9.84 Å². The Hall–Kier alpha value is -1.71. The van der Waals surface area contributed by atoms with E-state index in [0.717, 1.165) is 24.0 Å². The van der Waals surface area contributed by atoms with Crippen molar-refractivity contribution in [2.24, 2.45) is 0 Å². The minimum absolute atomic E-state index is 0.0826. The Balaban J connectivity index is 2.37. The number of carboxylic acids is 1. The molecule has 0 heterocycles. The second-order valence-electron chi connectivity index (χ2n) is 4.70. The van der Waals surface area contributed by atoms with Crippen LogP contribution in [0.5, 0.6) is 11.5 Å². The summed E-state index contributed by atoms with van der Waals surface area (Å²) >= 11 is 0. The first-order valence-electron chi connectivity index (χ1n) is 5.58. The number of aryl methyl sites for hydroxylation is 1. The van der Waals surface area contributed by atoms with E-state index in [1.165, 1.54) is 7.11 Å². The molecular formula is C13H16O4. The Labute approximate surface area is 99.8 Å². The number of hydrogen-bond acceptors (Lipinski definition) is 3. The predicted octanol–water partition coefficient (Wildman–Crippen LogP) is 2.22. The molecule has 92 valence electrons. The molecule has 1 aromatic carbocycles. The molecule has 1 aromatic rings. The molecule has 1 saturated carbocycles. The smallest absolute Gasteiger partial charge is 0.304 e. The van der Waals surface area contributed by atoms with Crippen LogP contribution in [0.25, 0.3) is 0 Å². The highest BCUT2D eigenvalue weighted by Crippen LogP contribution is 2.52. The van der Waals surface area contributed by atoms with Gasteiger partial charge in [0, 0.05) is 5.41 Å². The lowest BCUT2D eigenvalue weighted by Gasteiger charge is -2.16. The third-order valence-electron chi connectivity index (χ3n) is 3.41. The van der Waals surface area contributed by atoms with Crippen molar-refractivity contribution in [2.45, 2.75) is 31.6 Å². The quantitative estimate of drug-likeness (QED) is 0.841. The van der Waals surface area contributed by atoms with E-state index < -0.39 is 5.97 Å². The van der Waals surface area contributed by atoms with Gasteiger partial charge in [0.1, 0.15) is 0 Å². The van der Waals surface area contributed by atoms with Crippen molar-refractivity contribution >= 4 is 5.97 Å². The fourth-order valence-electron chi connectivity index (χ4n) is 2.33. The first kappa shape index (κ1) is 11.8. The van der Waals surface area contributed by atoms with Gasteiger partial charge in [-0.3, -0.25) is 4.79 Å². The number of methoxy groups -OCH3 is 1. The van der Waals surface area contributed by atoms with E-state index in [2.05, 4.69) is 0 Å². The lowest BCUT2D eigenvalue weighted by Crippen LogP contribution is -2.13. The van der Waals surface area contributed by atoms with Crippen LogP contribution in [0.3, 0.4) is 0 Å². The van der Waals surface area contributed by atoms with Crippen LogP contribution in [0, 0.1) is 6.92 Å². The SMILES string of the molecule is COc1c(C)cc(C2(CC(=O)O)CC2)cc1O. The first-order valence-corrected chi connectivity index (χ1v) is 5.58. The zero-order valence-electron chi connectivity index (χ0n) is 9.99. The maximum Gasteiger partial charge on any atom is 0.304 e. The van der Waals surface area contributed by atoms with Gasteiger partial charge in [0.05, 0.1) is 13.5 Å². The summed E-state index contributed by atoms with van der Waals surface area (Å²) in [7, 11) is 1.51. The summed E-state index contributed by atoms with van der Waals surface area (Å²) in [5.41, 5.74) is 1.45. The fraction of sp³-hybridized carbons (Fsp3) is 0.462. The van der Waals surface area contributed by atoms with E-state index in [0.29, 0.717) is 5.75 Å². The molecule has 17 heavy (non-hydrogen) atoms. The number of aliphatic carboxylic acids is 1. The van der Waals surface area contributed by atoms with Crippen molar-refractivity contribution < 1.29 is 19.7 Å². The average molecular weight is 236 g/mol. The largest absolute Gasteiger partial charge is 0.504 e. The van der Waals surface area contributed by atoms with Crippen molar-refractivity contribution in [1.82, 2.24) is 0 Å². The molecule has 1 aliphatic carbocycles. The van der Waals surface area contributed by atoms with Crippen LogP contribution in [0.1, 0.15) is 30.4 Å². The summed E-state index contributed by atoms with van der Waals surface area (Å²) in [6.07, 6.45) is 1.85. The van der Waals surface area contributed by atoms with Gasteiger partial charge < -0.3 is 14.9 Å². The molecule has 1 fully saturated rings. The summed E-state index contributed by atoms with van der Waals surface area (Å²) in [5, 5.41) is 18.7. The fourth-order valence-corrected chi connectivity index (χ4v) is 2.33. The van der Waals surface area contributed by atoms with Gasteiger partial charge in [-0.25, -0.2) is 0 Å². The molecule has 2 rings (SSSR count). The van der Waals surface area contributed by atoms with Gasteiger partial charge >= 0.3 is 5.97 Å². The van der Waals surface area contributed by atoms with Crippen molar-refractivity contribution in [3.63, 3.8) is 0 Å². The van der Waals surface area contributed by atoms with Gasteiger partial charge in [-0.15, -0.1) is 0 Å². The van der Waals surface area contributed by atoms with E-state index in [1.54, 1.807) is 6.07 Å². The van der Waals surface area contributed by atoms with Crippen LogP contribution in [-0.4, -0.2) is 23.3 Å². The molecule has 4 nitrogen and oxygen atoms in total. The minimum atomic E-state index is -0.796. The summed E-state index contributed by atoms with van der Waals surface area (Å²) in [6, 6.07) is 3.54. The number of aromatic hydroxyl groups is 1. The molecule has 0 radical (unpaired) electrons. The standard InChI is InChI=1S/C13H16O4/c1-8-5-9(6-10(14)12(8)17-2)13(3-4-13)7-11(15)16/h5-6,14H,3-4,7H2,1-2H3,(H,15,16). The Morgan fingerprint density at radius 3 is 2.53 bits per heavy atom. The van der Waals surface area contributed by atoms with E-state index in [-0.39, 0.29) is 17.6 Å². The number of benzene rings is 1. The number of rotatable bonds is 4. The normalized spacial score (nSPS) is 16.6. The zero-order chi connectivity index (χ0) is 12.6. The van der Waals surface area contributed by atoms with E-state index in [1.807, 2.05) is 13.0 Å². The van der Waals surface area contributed by atoms with Crippen LogP contribution < -0.4 is 4.74 Å². The predicted molar refractivity (Wildman–Crippen MR) is 62.6 cm³/mol. The van der Waals surface area contributed by atoms with Crippen LogP contribution in [0.2, 0.25) is 0 Å². The average Bonchev–Trinajstić information content (AvgIpc) is 2.97. The lowest BCUT2D eigenvalue weighted by atomic mass is 9.91. The van der Waals surface area contributed by atoms with Gasteiger partial charge in [-0.1, -0.05) is 6.07 Å². The van der Waals surface area contributed by atoms with E-state index in [9.17, 15) is 9.90 Å². The second kappa shape index (κ2) is 3.95. The number of phenols is 1. The van der Waals surface area contributed by atoms with Gasteiger partial charge in [0.25, 0.3) is 0 Å². The van der Waals surface area contributed by atoms with Crippen LogP contribution in [0.4, 0.5) is 0 Å². The highest BCUT2D eigenvalue weighted by atomic mass is 16.5. The summed E-state index contributed by atoms with van der Waals surface area (Å²) in [5.74, 6) is -0.255. The maximum atomic E-state index is 10.8. The molecular weight excluding hydrogens is 220 g/mol. The van der Waals surface area contributed by atoms with Crippen molar-refractivity contribution in [2.75, 3.05) is 7.11 Å². The zero-order valence-corrected chi connectivity index (χ0v) is 9.99. The Morgan fingerprint density at radius 2 is 2.12 bits per heavy atom. The molecule has 2 N–H and O–H groups in total. The molecule has 0 aliphatic heterocycles. The van der Waals surface area contributed by atoms with Crippen molar-refractivity contribution in [1.29, 1.82) is 0 Å². The molecule has 1 aliphatic rings. The Bertz CT molecular complexity index is 437. The molecule has 0 unspecified atom stereocenters. The molecule has 4 heteroatoms. The molecule has 0 aromatic heterocycles. The van der Waals surface area contributed by atoms with Gasteiger partial charge in [-0.2, -0.15) is 0 Å².